The first-order valence-corrected chi connectivity index (χ1v) is 8.66. The molecule has 3 aromatic rings. The lowest BCUT2D eigenvalue weighted by Crippen LogP contribution is -2.24. The van der Waals surface area contributed by atoms with Gasteiger partial charge >= 0.3 is 0 Å². The molecule has 0 saturated carbocycles. The molecule has 0 bridgehead atoms. The van der Waals surface area contributed by atoms with Gasteiger partial charge in [-0.25, -0.2) is 9.97 Å². The minimum atomic E-state index is -0.230. The van der Waals surface area contributed by atoms with Crippen LogP contribution >= 0.6 is 0 Å². The van der Waals surface area contributed by atoms with Gasteiger partial charge in [-0.3, -0.25) is 4.79 Å². The molecule has 1 heterocycles. The predicted octanol–water partition coefficient (Wildman–Crippen LogP) is 3.34. The monoisotopic (exact) mass is 362 g/mol. The fourth-order valence-corrected chi connectivity index (χ4v) is 2.61. The number of hydrogen-bond acceptors (Lipinski definition) is 5. The van der Waals surface area contributed by atoms with Crippen molar-refractivity contribution in [2.24, 2.45) is 0 Å². The van der Waals surface area contributed by atoms with Crippen LogP contribution in [0, 0.1) is 6.92 Å². The summed E-state index contributed by atoms with van der Waals surface area (Å²) >= 11 is 0. The molecule has 138 valence electrons. The van der Waals surface area contributed by atoms with Crippen molar-refractivity contribution in [2.45, 2.75) is 20.0 Å². The molecule has 6 heteroatoms. The Labute approximate surface area is 158 Å². The Morgan fingerprint density at radius 3 is 2.56 bits per heavy atom. The van der Waals surface area contributed by atoms with Crippen LogP contribution < -0.4 is 15.4 Å². The third-order valence-electron chi connectivity index (χ3n) is 4.07. The second-order valence-electron chi connectivity index (χ2n) is 6.16. The Kier molecular flexibility index (Phi) is 5.99. The van der Waals surface area contributed by atoms with Gasteiger partial charge in [0.15, 0.2) is 0 Å². The van der Waals surface area contributed by atoms with E-state index in [1.807, 2.05) is 55.5 Å². The molecule has 27 heavy (non-hydrogen) atoms. The highest BCUT2D eigenvalue weighted by molar-refractivity contribution is 5.92. The largest absolute Gasteiger partial charge is 0.497 e. The zero-order chi connectivity index (χ0) is 19.1. The molecule has 1 aromatic heterocycles. The van der Waals surface area contributed by atoms with Gasteiger partial charge in [0.25, 0.3) is 5.91 Å². The van der Waals surface area contributed by atoms with E-state index in [9.17, 15) is 4.79 Å². The predicted molar refractivity (Wildman–Crippen MR) is 105 cm³/mol. The molecule has 0 radical (unpaired) electrons. The van der Waals surface area contributed by atoms with Crippen molar-refractivity contribution in [3.8, 4) is 5.75 Å². The number of benzene rings is 2. The minimum Gasteiger partial charge on any atom is -0.497 e. The molecular weight excluding hydrogens is 340 g/mol. The maximum Gasteiger partial charge on any atom is 0.270 e. The van der Waals surface area contributed by atoms with Gasteiger partial charge in [0, 0.05) is 19.2 Å². The second-order valence-corrected chi connectivity index (χ2v) is 6.16. The zero-order valence-electron chi connectivity index (χ0n) is 15.4. The maximum absolute atomic E-state index is 12.4. The van der Waals surface area contributed by atoms with Crippen molar-refractivity contribution in [3.63, 3.8) is 0 Å². The van der Waals surface area contributed by atoms with Gasteiger partial charge in [-0.15, -0.1) is 0 Å². The standard InChI is InChI=1S/C21H22N4O2/c1-15-4-3-5-17(10-15)13-23-21(26)19-11-20(25-14-24-19)22-12-16-6-8-18(27-2)9-7-16/h3-11,14H,12-13H2,1-2H3,(H,23,26)(H,22,24,25). The molecule has 0 aliphatic carbocycles. The molecule has 0 aliphatic rings. The first kappa shape index (κ1) is 18.4. The van der Waals surface area contributed by atoms with Gasteiger partial charge in [0.2, 0.25) is 0 Å². The number of nitrogens with one attached hydrogen (secondary N) is 2. The summed E-state index contributed by atoms with van der Waals surface area (Å²) in [6, 6.07) is 17.4. The summed E-state index contributed by atoms with van der Waals surface area (Å²) in [7, 11) is 1.64. The van der Waals surface area contributed by atoms with Crippen molar-refractivity contribution in [2.75, 3.05) is 12.4 Å². The number of amides is 1. The molecule has 3 rings (SSSR count). The van der Waals surface area contributed by atoms with Crippen LogP contribution in [-0.4, -0.2) is 23.0 Å². The third kappa shape index (κ3) is 5.28. The molecule has 0 unspecified atom stereocenters. The molecule has 0 fully saturated rings. The number of anilines is 1. The van der Waals surface area contributed by atoms with E-state index in [-0.39, 0.29) is 5.91 Å². The number of carbonyl (C=O) groups excluding carboxylic acids is 1. The normalized spacial score (nSPS) is 10.3. The van der Waals surface area contributed by atoms with Crippen LogP contribution in [0.15, 0.2) is 60.9 Å². The van der Waals surface area contributed by atoms with E-state index in [1.54, 1.807) is 13.2 Å². The van der Waals surface area contributed by atoms with Gasteiger partial charge in [-0.1, -0.05) is 42.0 Å². The number of ether oxygens (including phenoxy) is 1. The molecule has 2 aromatic carbocycles. The van der Waals surface area contributed by atoms with Gasteiger partial charge in [-0.05, 0) is 30.2 Å². The smallest absolute Gasteiger partial charge is 0.270 e. The van der Waals surface area contributed by atoms with Gasteiger partial charge in [0.05, 0.1) is 7.11 Å². The maximum atomic E-state index is 12.4. The molecule has 6 nitrogen and oxygen atoms in total. The molecule has 0 atom stereocenters. The van der Waals surface area contributed by atoms with Crippen LogP contribution in [0.4, 0.5) is 5.82 Å². The number of hydrogen-bond donors (Lipinski definition) is 2. The Hall–Kier alpha value is -3.41. The summed E-state index contributed by atoms with van der Waals surface area (Å²) in [5, 5.41) is 6.09. The van der Waals surface area contributed by atoms with Crippen LogP contribution in [0.3, 0.4) is 0 Å². The van der Waals surface area contributed by atoms with Crippen LogP contribution in [-0.2, 0) is 13.1 Å². The van der Waals surface area contributed by atoms with Gasteiger partial charge in [0.1, 0.15) is 23.6 Å². The topological polar surface area (TPSA) is 76.1 Å². The van der Waals surface area contributed by atoms with Crippen LogP contribution in [0.25, 0.3) is 0 Å². The molecule has 2 N–H and O–H groups in total. The van der Waals surface area contributed by atoms with E-state index in [2.05, 4.69) is 20.6 Å². The fraction of sp³-hybridized carbons (Fsp3) is 0.190. The van der Waals surface area contributed by atoms with E-state index in [4.69, 9.17) is 4.74 Å². The number of nitrogens with zero attached hydrogens (tertiary/aromatic N) is 2. The molecular formula is C21H22N4O2. The third-order valence-corrected chi connectivity index (χ3v) is 4.07. The Balaban J connectivity index is 1.57. The van der Waals surface area contributed by atoms with Crippen molar-refractivity contribution < 1.29 is 9.53 Å². The fourth-order valence-electron chi connectivity index (χ4n) is 2.61. The summed E-state index contributed by atoms with van der Waals surface area (Å²) in [4.78, 5) is 20.6. The highest BCUT2D eigenvalue weighted by Crippen LogP contribution is 2.13. The van der Waals surface area contributed by atoms with E-state index in [0.29, 0.717) is 24.6 Å². The van der Waals surface area contributed by atoms with Crippen LogP contribution in [0.1, 0.15) is 27.2 Å². The summed E-state index contributed by atoms with van der Waals surface area (Å²) in [6.45, 7) is 3.07. The molecule has 0 saturated heterocycles. The average Bonchev–Trinajstić information content (AvgIpc) is 2.71. The van der Waals surface area contributed by atoms with Crippen molar-refractivity contribution in [1.29, 1.82) is 0 Å². The van der Waals surface area contributed by atoms with E-state index >= 15 is 0 Å². The van der Waals surface area contributed by atoms with Gasteiger partial charge < -0.3 is 15.4 Å². The molecule has 1 amide bonds. The first-order chi connectivity index (χ1) is 13.1. The summed E-state index contributed by atoms with van der Waals surface area (Å²) in [5.74, 6) is 1.18. The quantitative estimate of drug-likeness (QED) is 0.674. The Bertz CT molecular complexity index is 910. The lowest BCUT2D eigenvalue weighted by Gasteiger charge is -2.09. The second kappa shape index (κ2) is 8.80. The van der Waals surface area contributed by atoms with Crippen molar-refractivity contribution in [1.82, 2.24) is 15.3 Å². The summed E-state index contributed by atoms with van der Waals surface area (Å²) in [5.41, 5.74) is 3.62. The van der Waals surface area contributed by atoms with E-state index < -0.39 is 0 Å². The number of rotatable bonds is 7. The van der Waals surface area contributed by atoms with Crippen molar-refractivity contribution in [3.05, 3.63) is 83.3 Å². The first-order valence-electron chi connectivity index (χ1n) is 8.66. The SMILES string of the molecule is COc1ccc(CNc2cc(C(=O)NCc3cccc(C)c3)ncn2)cc1. The number of carbonyl (C=O) groups is 1. The lowest BCUT2D eigenvalue weighted by atomic mass is 10.1. The van der Waals surface area contributed by atoms with Crippen LogP contribution in [0.2, 0.25) is 0 Å². The molecule has 0 aliphatic heterocycles. The van der Waals surface area contributed by atoms with Gasteiger partial charge in [-0.2, -0.15) is 0 Å². The highest BCUT2D eigenvalue weighted by atomic mass is 16.5. The summed E-state index contributed by atoms with van der Waals surface area (Å²) < 4.78 is 5.15. The number of methoxy groups -OCH3 is 1. The Morgan fingerprint density at radius 1 is 1.00 bits per heavy atom. The zero-order valence-corrected chi connectivity index (χ0v) is 15.4. The van der Waals surface area contributed by atoms with E-state index in [0.717, 1.165) is 22.4 Å². The van der Waals surface area contributed by atoms with E-state index in [1.165, 1.54) is 6.33 Å². The lowest BCUT2D eigenvalue weighted by molar-refractivity contribution is 0.0946. The number of aromatic nitrogens is 2. The Morgan fingerprint density at radius 2 is 1.81 bits per heavy atom. The molecule has 0 spiro atoms. The minimum absolute atomic E-state index is 0.230. The average molecular weight is 362 g/mol. The van der Waals surface area contributed by atoms with Crippen molar-refractivity contribution >= 4 is 11.7 Å². The highest BCUT2D eigenvalue weighted by Gasteiger charge is 2.08. The van der Waals surface area contributed by atoms with Crippen LogP contribution in [0.5, 0.6) is 5.75 Å². The summed E-state index contributed by atoms with van der Waals surface area (Å²) in [6.07, 6.45) is 1.39. The number of aryl methyl sites for hydroxylation is 1.